The van der Waals surface area contributed by atoms with Gasteiger partial charge in [0, 0.05) is 12.4 Å². The number of aromatic nitrogens is 5. The number of carbonyl (C=O) groups is 1. The molecule has 3 aromatic heterocycles. The lowest BCUT2D eigenvalue weighted by Crippen LogP contribution is -2.20. The van der Waals surface area contributed by atoms with Crippen molar-refractivity contribution >= 4 is 45.2 Å². The van der Waals surface area contributed by atoms with E-state index in [0.717, 1.165) is 5.56 Å². The minimum Gasteiger partial charge on any atom is -0.454 e. The standard InChI is InChI=1S/C22H16ClN5O3/c1-12-7-8-17-15(9-12)20(29)27(2)22-26-25-19(28(17)22)11-31-21(30)14-10-18(23)24-16-6-4-3-5-13(14)16/h3-10H,11H2,1-2H3. The number of rotatable bonds is 3. The van der Waals surface area contributed by atoms with E-state index in [1.807, 2.05) is 37.3 Å². The Labute approximate surface area is 180 Å². The van der Waals surface area contributed by atoms with Crippen LogP contribution in [0.1, 0.15) is 21.7 Å². The van der Waals surface area contributed by atoms with Crippen LogP contribution in [0.3, 0.4) is 0 Å². The summed E-state index contributed by atoms with van der Waals surface area (Å²) in [5, 5.41) is 9.66. The zero-order valence-corrected chi connectivity index (χ0v) is 17.4. The molecule has 0 saturated carbocycles. The summed E-state index contributed by atoms with van der Waals surface area (Å²) in [4.78, 5) is 29.8. The van der Waals surface area contributed by atoms with E-state index in [-0.39, 0.29) is 17.3 Å². The predicted octanol–water partition coefficient (Wildman–Crippen LogP) is 3.45. The number of esters is 1. The molecule has 0 N–H and O–H groups in total. The molecule has 31 heavy (non-hydrogen) atoms. The number of nitrogens with zero attached hydrogens (tertiary/aromatic N) is 5. The monoisotopic (exact) mass is 433 g/mol. The zero-order chi connectivity index (χ0) is 21.7. The van der Waals surface area contributed by atoms with Gasteiger partial charge in [0.2, 0.25) is 5.78 Å². The van der Waals surface area contributed by atoms with Gasteiger partial charge in [0.25, 0.3) is 5.56 Å². The number of fused-ring (bicyclic) bond motifs is 4. The Morgan fingerprint density at radius 3 is 2.74 bits per heavy atom. The van der Waals surface area contributed by atoms with Crippen LogP contribution in [0.15, 0.2) is 53.3 Å². The van der Waals surface area contributed by atoms with E-state index in [0.29, 0.717) is 39.0 Å². The topological polar surface area (TPSA) is 91.4 Å². The summed E-state index contributed by atoms with van der Waals surface area (Å²) < 4.78 is 8.70. The van der Waals surface area contributed by atoms with Crippen LogP contribution in [0, 0.1) is 6.92 Å². The summed E-state index contributed by atoms with van der Waals surface area (Å²) in [7, 11) is 1.63. The summed E-state index contributed by atoms with van der Waals surface area (Å²) >= 11 is 6.08. The van der Waals surface area contributed by atoms with Crippen molar-refractivity contribution in [2.45, 2.75) is 13.5 Å². The molecule has 5 rings (SSSR count). The van der Waals surface area contributed by atoms with Gasteiger partial charge in [0.1, 0.15) is 5.15 Å². The second kappa shape index (κ2) is 7.17. The molecule has 0 unspecified atom stereocenters. The van der Waals surface area contributed by atoms with Crippen LogP contribution < -0.4 is 5.56 Å². The normalized spacial score (nSPS) is 11.5. The van der Waals surface area contributed by atoms with Crippen molar-refractivity contribution in [1.29, 1.82) is 0 Å². The average molecular weight is 434 g/mol. The summed E-state index contributed by atoms with van der Waals surface area (Å²) in [6.07, 6.45) is 0. The van der Waals surface area contributed by atoms with Crippen molar-refractivity contribution in [3.05, 3.63) is 81.0 Å². The lowest BCUT2D eigenvalue weighted by molar-refractivity contribution is 0.0463. The molecule has 5 aromatic rings. The fourth-order valence-corrected chi connectivity index (χ4v) is 3.87. The number of para-hydroxylation sites is 1. The molecule has 0 amide bonds. The Kier molecular flexibility index (Phi) is 4.44. The third-order valence-electron chi connectivity index (χ3n) is 5.18. The van der Waals surface area contributed by atoms with Gasteiger partial charge in [-0.2, -0.15) is 0 Å². The molecule has 0 bridgehead atoms. The lowest BCUT2D eigenvalue weighted by Gasteiger charge is -2.10. The van der Waals surface area contributed by atoms with E-state index in [1.54, 1.807) is 23.6 Å². The Bertz CT molecular complexity index is 1570. The summed E-state index contributed by atoms with van der Waals surface area (Å²) in [5.41, 5.74) is 2.37. The second-order valence-electron chi connectivity index (χ2n) is 7.22. The van der Waals surface area contributed by atoms with E-state index in [1.165, 1.54) is 10.6 Å². The Hall–Kier alpha value is -3.78. The van der Waals surface area contributed by atoms with E-state index in [2.05, 4.69) is 15.2 Å². The van der Waals surface area contributed by atoms with Gasteiger partial charge >= 0.3 is 5.97 Å². The van der Waals surface area contributed by atoms with Crippen molar-refractivity contribution in [1.82, 2.24) is 24.1 Å². The van der Waals surface area contributed by atoms with Crippen molar-refractivity contribution in [2.75, 3.05) is 0 Å². The molecule has 0 saturated heterocycles. The third-order valence-corrected chi connectivity index (χ3v) is 5.37. The number of pyridine rings is 1. The molecule has 0 radical (unpaired) electrons. The fraction of sp³-hybridized carbons (Fsp3) is 0.136. The van der Waals surface area contributed by atoms with Crippen molar-refractivity contribution in [3.63, 3.8) is 0 Å². The van der Waals surface area contributed by atoms with Crippen LogP contribution in [0.5, 0.6) is 0 Å². The third kappa shape index (κ3) is 3.12. The smallest absolute Gasteiger partial charge is 0.339 e. The number of benzene rings is 2. The largest absolute Gasteiger partial charge is 0.454 e. The van der Waals surface area contributed by atoms with Crippen LogP contribution >= 0.6 is 11.6 Å². The summed E-state index contributed by atoms with van der Waals surface area (Å²) in [6, 6.07) is 14.2. The molecule has 0 aliphatic rings. The lowest BCUT2D eigenvalue weighted by atomic mass is 10.1. The van der Waals surface area contributed by atoms with Gasteiger partial charge in [-0.1, -0.05) is 41.4 Å². The Morgan fingerprint density at radius 2 is 1.90 bits per heavy atom. The zero-order valence-electron chi connectivity index (χ0n) is 16.7. The number of hydrogen-bond acceptors (Lipinski definition) is 6. The maximum absolute atomic E-state index is 12.9. The molecule has 0 aliphatic heterocycles. The highest BCUT2D eigenvalue weighted by Gasteiger charge is 2.18. The van der Waals surface area contributed by atoms with Crippen molar-refractivity contribution in [3.8, 4) is 0 Å². The SMILES string of the molecule is Cc1ccc2c(c1)c(=O)n(C)c1nnc(COC(=O)c3cc(Cl)nc4ccccc34)n21. The summed E-state index contributed by atoms with van der Waals surface area (Å²) in [6.45, 7) is 1.79. The highest BCUT2D eigenvalue weighted by atomic mass is 35.5. The first-order valence-corrected chi connectivity index (χ1v) is 9.87. The highest BCUT2D eigenvalue weighted by Crippen LogP contribution is 2.22. The molecule has 0 atom stereocenters. The highest BCUT2D eigenvalue weighted by molar-refractivity contribution is 6.30. The Morgan fingerprint density at radius 1 is 1.10 bits per heavy atom. The maximum Gasteiger partial charge on any atom is 0.339 e. The quantitative estimate of drug-likeness (QED) is 0.319. The number of halogens is 1. The van der Waals surface area contributed by atoms with Crippen LogP contribution in [-0.4, -0.2) is 30.1 Å². The van der Waals surface area contributed by atoms with Gasteiger partial charge < -0.3 is 4.74 Å². The van der Waals surface area contributed by atoms with Gasteiger partial charge in [-0.3, -0.25) is 13.8 Å². The first-order chi connectivity index (χ1) is 14.9. The number of aryl methyl sites for hydroxylation is 2. The number of hydrogen-bond donors (Lipinski definition) is 0. The molecule has 154 valence electrons. The molecule has 3 heterocycles. The molecule has 0 aliphatic carbocycles. The fourth-order valence-electron chi connectivity index (χ4n) is 3.67. The van der Waals surface area contributed by atoms with Crippen LogP contribution in [0.4, 0.5) is 0 Å². The van der Waals surface area contributed by atoms with E-state index in [9.17, 15) is 9.59 Å². The van der Waals surface area contributed by atoms with Crippen molar-refractivity contribution in [2.24, 2.45) is 7.05 Å². The maximum atomic E-state index is 12.9. The van der Waals surface area contributed by atoms with Crippen molar-refractivity contribution < 1.29 is 9.53 Å². The molecular formula is C22H16ClN5O3. The average Bonchev–Trinajstić information content (AvgIpc) is 3.19. The van der Waals surface area contributed by atoms with Gasteiger partial charge in [0.15, 0.2) is 12.4 Å². The second-order valence-corrected chi connectivity index (χ2v) is 7.61. The molecule has 9 heteroatoms. The predicted molar refractivity (Wildman–Crippen MR) is 116 cm³/mol. The summed E-state index contributed by atoms with van der Waals surface area (Å²) in [5.74, 6) is 0.212. The molecule has 0 fully saturated rings. The van der Waals surface area contributed by atoms with Gasteiger partial charge in [-0.05, 0) is 31.2 Å². The molecule has 2 aromatic carbocycles. The van der Waals surface area contributed by atoms with E-state index < -0.39 is 5.97 Å². The minimum absolute atomic E-state index is 0.130. The molecule has 8 nitrogen and oxygen atoms in total. The van der Waals surface area contributed by atoms with Gasteiger partial charge in [-0.25, -0.2) is 9.78 Å². The van der Waals surface area contributed by atoms with E-state index in [4.69, 9.17) is 16.3 Å². The minimum atomic E-state index is -0.553. The van der Waals surface area contributed by atoms with Gasteiger partial charge in [-0.15, -0.1) is 10.2 Å². The van der Waals surface area contributed by atoms with Crippen LogP contribution in [0.25, 0.3) is 27.6 Å². The van der Waals surface area contributed by atoms with Crippen LogP contribution in [-0.2, 0) is 18.4 Å². The molecular weight excluding hydrogens is 418 g/mol. The van der Waals surface area contributed by atoms with Gasteiger partial charge in [0.05, 0.1) is 22.0 Å². The first-order valence-electron chi connectivity index (χ1n) is 9.50. The number of ether oxygens (including phenoxy) is 1. The number of carbonyl (C=O) groups excluding carboxylic acids is 1. The van der Waals surface area contributed by atoms with Crippen LogP contribution in [0.2, 0.25) is 5.15 Å². The molecule has 0 spiro atoms. The first kappa shape index (κ1) is 19.2. The van der Waals surface area contributed by atoms with E-state index >= 15 is 0 Å². The Balaban J connectivity index is 1.56.